The molecule has 3 nitrogen and oxygen atoms in total. The Balaban J connectivity index is 2.27. The molecule has 0 bridgehead atoms. The van der Waals surface area contributed by atoms with E-state index in [0.717, 1.165) is 5.56 Å². The first-order valence-corrected chi connectivity index (χ1v) is 5.60. The van der Waals surface area contributed by atoms with Crippen molar-refractivity contribution < 1.29 is 9.90 Å². The number of nitrogens with zero attached hydrogens (tertiary/aromatic N) is 1. The maximum atomic E-state index is 11.8. The van der Waals surface area contributed by atoms with Crippen LogP contribution in [-0.4, -0.2) is 28.5 Å². The van der Waals surface area contributed by atoms with Gasteiger partial charge in [0.05, 0.1) is 13.0 Å². The van der Waals surface area contributed by atoms with Crippen LogP contribution in [0.1, 0.15) is 25.8 Å². The second kappa shape index (κ2) is 3.91. The number of hydrogen-bond donors (Lipinski definition) is 1. The molecule has 16 heavy (non-hydrogen) atoms. The first kappa shape index (κ1) is 11.1. The standard InChI is InChI=1S/C13H17NO2/c1-10(2)14-9-13(16,8-12(14)15)11-6-4-3-5-7-11/h3-7,10,16H,8-9H2,1-2H3. The Morgan fingerprint density at radius 2 is 1.94 bits per heavy atom. The lowest BCUT2D eigenvalue weighted by molar-refractivity contribution is -0.129. The predicted octanol–water partition coefficient (Wildman–Crippen LogP) is 1.51. The summed E-state index contributed by atoms with van der Waals surface area (Å²) >= 11 is 0. The van der Waals surface area contributed by atoms with E-state index < -0.39 is 5.60 Å². The average Bonchev–Trinajstić information content (AvgIpc) is 2.57. The SMILES string of the molecule is CC(C)N1CC(O)(c2ccccc2)CC1=O. The molecule has 0 radical (unpaired) electrons. The number of β-amino-alcohol motifs (C(OH)–C–C–N with tert-alkyl or cyclic N) is 1. The molecule has 1 unspecified atom stereocenters. The third kappa shape index (κ3) is 1.83. The summed E-state index contributed by atoms with van der Waals surface area (Å²) in [7, 11) is 0. The van der Waals surface area contributed by atoms with Gasteiger partial charge >= 0.3 is 0 Å². The highest BCUT2D eigenvalue weighted by atomic mass is 16.3. The molecule has 0 aromatic heterocycles. The van der Waals surface area contributed by atoms with Crippen molar-refractivity contribution in [1.29, 1.82) is 0 Å². The first-order chi connectivity index (χ1) is 7.53. The molecule has 1 atom stereocenters. The van der Waals surface area contributed by atoms with Crippen LogP contribution < -0.4 is 0 Å². The molecule has 1 aromatic rings. The van der Waals surface area contributed by atoms with Crippen LogP contribution in [-0.2, 0) is 10.4 Å². The molecule has 1 fully saturated rings. The zero-order valence-corrected chi connectivity index (χ0v) is 9.68. The highest BCUT2D eigenvalue weighted by Crippen LogP contribution is 2.33. The largest absolute Gasteiger partial charge is 0.383 e. The summed E-state index contributed by atoms with van der Waals surface area (Å²) in [5.41, 5.74) is -0.186. The molecule has 1 amide bonds. The van der Waals surface area contributed by atoms with Gasteiger partial charge in [-0.05, 0) is 19.4 Å². The molecular weight excluding hydrogens is 202 g/mol. The molecule has 0 aliphatic carbocycles. The number of amides is 1. The van der Waals surface area contributed by atoms with Crippen molar-refractivity contribution in [3.63, 3.8) is 0 Å². The van der Waals surface area contributed by atoms with Gasteiger partial charge in [0, 0.05) is 6.04 Å². The quantitative estimate of drug-likeness (QED) is 0.819. The molecule has 1 aliphatic rings. The maximum Gasteiger partial charge on any atom is 0.226 e. The third-order valence-corrected chi connectivity index (χ3v) is 3.13. The Kier molecular flexibility index (Phi) is 2.72. The molecular formula is C13H17NO2. The Hall–Kier alpha value is -1.35. The molecule has 0 spiro atoms. The minimum absolute atomic E-state index is 0.0290. The molecule has 86 valence electrons. The molecule has 1 aliphatic heterocycles. The fourth-order valence-corrected chi connectivity index (χ4v) is 2.19. The summed E-state index contributed by atoms with van der Waals surface area (Å²) in [5, 5.41) is 10.5. The van der Waals surface area contributed by atoms with Crippen LogP contribution in [0.4, 0.5) is 0 Å². The van der Waals surface area contributed by atoms with Gasteiger partial charge in [0.1, 0.15) is 5.60 Å². The number of rotatable bonds is 2. The van der Waals surface area contributed by atoms with Crippen molar-refractivity contribution in [3.05, 3.63) is 35.9 Å². The topological polar surface area (TPSA) is 40.5 Å². The molecule has 1 aromatic carbocycles. The maximum absolute atomic E-state index is 11.8. The van der Waals surface area contributed by atoms with E-state index in [9.17, 15) is 9.90 Å². The van der Waals surface area contributed by atoms with Crippen molar-refractivity contribution in [1.82, 2.24) is 4.90 Å². The van der Waals surface area contributed by atoms with Gasteiger partial charge in [-0.25, -0.2) is 0 Å². The smallest absolute Gasteiger partial charge is 0.226 e. The Morgan fingerprint density at radius 1 is 1.31 bits per heavy atom. The van der Waals surface area contributed by atoms with E-state index in [1.807, 2.05) is 44.2 Å². The van der Waals surface area contributed by atoms with Gasteiger partial charge in [-0.2, -0.15) is 0 Å². The number of likely N-dealkylation sites (tertiary alicyclic amines) is 1. The minimum atomic E-state index is -1.01. The van der Waals surface area contributed by atoms with Crippen molar-refractivity contribution >= 4 is 5.91 Å². The fraction of sp³-hybridized carbons (Fsp3) is 0.462. The van der Waals surface area contributed by atoms with Gasteiger partial charge in [0.25, 0.3) is 0 Å². The van der Waals surface area contributed by atoms with Gasteiger partial charge in [-0.15, -0.1) is 0 Å². The lowest BCUT2D eigenvalue weighted by Gasteiger charge is -2.25. The summed E-state index contributed by atoms with van der Waals surface area (Å²) in [6, 6.07) is 9.56. The molecule has 1 saturated heterocycles. The molecule has 2 rings (SSSR count). The normalized spacial score (nSPS) is 25.5. The number of carbonyl (C=O) groups excluding carboxylic acids is 1. The summed E-state index contributed by atoms with van der Waals surface area (Å²) in [5.74, 6) is 0.0290. The van der Waals surface area contributed by atoms with Crippen molar-refractivity contribution in [2.45, 2.75) is 31.9 Å². The minimum Gasteiger partial charge on any atom is -0.383 e. The van der Waals surface area contributed by atoms with Crippen molar-refractivity contribution in [2.24, 2.45) is 0 Å². The van der Waals surface area contributed by atoms with Crippen LogP contribution in [0.15, 0.2) is 30.3 Å². The highest BCUT2D eigenvalue weighted by molar-refractivity contribution is 5.80. The van der Waals surface area contributed by atoms with Crippen LogP contribution in [0.25, 0.3) is 0 Å². The van der Waals surface area contributed by atoms with Crippen LogP contribution in [0.2, 0.25) is 0 Å². The second-order valence-electron chi connectivity index (χ2n) is 4.69. The Morgan fingerprint density at radius 3 is 2.44 bits per heavy atom. The summed E-state index contributed by atoms with van der Waals surface area (Å²) < 4.78 is 0. The van der Waals surface area contributed by atoms with E-state index in [4.69, 9.17) is 0 Å². The zero-order valence-electron chi connectivity index (χ0n) is 9.68. The first-order valence-electron chi connectivity index (χ1n) is 5.60. The van der Waals surface area contributed by atoms with Gasteiger partial charge in [-0.1, -0.05) is 30.3 Å². The molecule has 3 heteroatoms. The van der Waals surface area contributed by atoms with Gasteiger partial charge in [0.2, 0.25) is 5.91 Å². The van der Waals surface area contributed by atoms with E-state index >= 15 is 0 Å². The summed E-state index contributed by atoms with van der Waals surface area (Å²) in [4.78, 5) is 13.5. The van der Waals surface area contributed by atoms with Gasteiger partial charge in [-0.3, -0.25) is 4.79 Å². The van der Waals surface area contributed by atoms with E-state index in [2.05, 4.69) is 0 Å². The molecule has 0 saturated carbocycles. The van der Waals surface area contributed by atoms with Crippen LogP contribution in [0.5, 0.6) is 0 Å². The second-order valence-corrected chi connectivity index (χ2v) is 4.69. The fourth-order valence-electron chi connectivity index (χ4n) is 2.19. The number of benzene rings is 1. The summed E-state index contributed by atoms with van der Waals surface area (Å²) in [6.07, 6.45) is 0.190. The van der Waals surface area contributed by atoms with Crippen LogP contribution in [0, 0.1) is 0 Å². The van der Waals surface area contributed by atoms with E-state index in [1.54, 1.807) is 4.90 Å². The number of hydrogen-bond acceptors (Lipinski definition) is 2. The lowest BCUT2D eigenvalue weighted by atomic mass is 9.93. The molecule has 1 N–H and O–H groups in total. The monoisotopic (exact) mass is 219 g/mol. The highest BCUT2D eigenvalue weighted by Gasteiger charge is 2.43. The van der Waals surface area contributed by atoms with Crippen molar-refractivity contribution in [3.8, 4) is 0 Å². The van der Waals surface area contributed by atoms with Crippen LogP contribution >= 0.6 is 0 Å². The van der Waals surface area contributed by atoms with Gasteiger partial charge < -0.3 is 10.0 Å². The predicted molar refractivity (Wildman–Crippen MR) is 61.8 cm³/mol. The van der Waals surface area contributed by atoms with E-state index in [-0.39, 0.29) is 18.4 Å². The van der Waals surface area contributed by atoms with E-state index in [1.165, 1.54) is 0 Å². The Bertz CT molecular complexity index is 388. The number of carbonyl (C=O) groups is 1. The third-order valence-electron chi connectivity index (χ3n) is 3.13. The Labute approximate surface area is 95.7 Å². The van der Waals surface area contributed by atoms with Crippen molar-refractivity contribution in [2.75, 3.05) is 6.54 Å². The van der Waals surface area contributed by atoms with Gasteiger partial charge in [0.15, 0.2) is 0 Å². The lowest BCUT2D eigenvalue weighted by Crippen LogP contribution is -2.35. The molecule has 1 heterocycles. The van der Waals surface area contributed by atoms with Crippen LogP contribution in [0.3, 0.4) is 0 Å². The number of aliphatic hydroxyl groups is 1. The zero-order chi connectivity index (χ0) is 11.8. The average molecular weight is 219 g/mol. The van der Waals surface area contributed by atoms with E-state index in [0.29, 0.717) is 6.54 Å². The summed E-state index contributed by atoms with van der Waals surface area (Å²) in [6.45, 7) is 4.33.